The fourth-order valence-electron chi connectivity index (χ4n) is 1.59. The van der Waals surface area contributed by atoms with Crippen molar-refractivity contribution in [1.29, 1.82) is 0 Å². The van der Waals surface area contributed by atoms with Crippen molar-refractivity contribution >= 4 is 0 Å². The largest absolute Gasteiger partial charge is 0.501 e. The van der Waals surface area contributed by atoms with E-state index in [1.165, 1.54) is 5.57 Å². The lowest BCUT2D eigenvalue weighted by molar-refractivity contribution is 0.181. The van der Waals surface area contributed by atoms with Gasteiger partial charge in [0.1, 0.15) is 0 Å². The molecule has 1 heterocycles. The Morgan fingerprint density at radius 2 is 2.54 bits per heavy atom. The molecule has 0 aromatic heterocycles. The first-order valence-electron chi connectivity index (χ1n) is 4.85. The summed E-state index contributed by atoms with van der Waals surface area (Å²) in [7, 11) is 3.72. The average Bonchev–Trinajstić information content (AvgIpc) is 2.21. The zero-order valence-electron chi connectivity index (χ0n) is 8.51. The van der Waals surface area contributed by atoms with E-state index in [4.69, 9.17) is 9.47 Å². The second-order valence-electron chi connectivity index (χ2n) is 3.29. The maximum Gasteiger partial charge on any atom is 0.0876 e. The van der Waals surface area contributed by atoms with Crippen LogP contribution in [-0.2, 0) is 9.47 Å². The Hall–Kier alpha value is -0.540. The van der Waals surface area contributed by atoms with Crippen molar-refractivity contribution in [3.63, 3.8) is 0 Å². The van der Waals surface area contributed by atoms with E-state index in [1.807, 2.05) is 13.3 Å². The average molecular weight is 185 g/mol. The van der Waals surface area contributed by atoms with Gasteiger partial charge in [0.25, 0.3) is 0 Å². The molecule has 76 valence electrons. The molecule has 1 rings (SSSR count). The third-order valence-electron chi connectivity index (χ3n) is 2.37. The van der Waals surface area contributed by atoms with Crippen LogP contribution < -0.4 is 5.32 Å². The van der Waals surface area contributed by atoms with Crippen LogP contribution in [0.25, 0.3) is 0 Å². The molecule has 0 saturated heterocycles. The van der Waals surface area contributed by atoms with Crippen molar-refractivity contribution in [2.24, 2.45) is 0 Å². The zero-order valence-corrected chi connectivity index (χ0v) is 8.51. The van der Waals surface area contributed by atoms with Gasteiger partial charge in [-0.3, -0.25) is 0 Å². The summed E-state index contributed by atoms with van der Waals surface area (Å²) < 4.78 is 10.4. The molecule has 1 aliphatic heterocycles. The third kappa shape index (κ3) is 3.36. The van der Waals surface area contributed by atoms with Gasteiger partial charge in [-0.25, -0.2) is 0 Å². The molecule has 0 aliphatic carbocycles. The minimum Gasteiger partial charge on any atom is -0.501 e. The molecule has 1 atom stereocenters. The Morgan fingerprint density at radius 3 is 3.08 bits per heavy atom. The van der Waals surface area contributed by atoms with E-state index in [0.717, 1.165) is 32.5 Å². The van der Waals surface area contributed by atoms with Gasteiger partial charge in [0.15, 0.2) is 0 Å². The SMILES string of the molecule is CNC(CCOC)C1=COCCC1. The Labute approximate surface area is 80.1 Å². The van der Waals surface area contributed by atoms with Gasteiger partial charge in [-0.15, -0.1) is 0 Å². The van der Waals surface area contributed by atoms with Crippen LogP contribution in [0.15, 0.2) is 11.8 Å². The van der Waals surface area contributed by atoms with E-state index in [1.54, 1.807) is 7.11 Å². The van der Waals surface area contributed by atoms with Gasteiger partial charge >= 0.3 is 0 Å². The molecule has 3 heteroatoms. The fourth-order valence-corrected chi connectivity index (χ4v) is 1.59. The number of likely N-dealkylation sites (N-methyl/N-ethyl adjacent to an activating group) is 1. The van der Waals surface area contributed by atoms with Gasteiger partial charge in [-0.2, -0.15) is 0 Å². The van der Waals surface area contributed by atoms with Gasteiger partial charge in [0, 0.05) is 19.8 Å². The van der Waals surface area contributed by atoms with Gasteiger partial charge in [0.2, 0.25) is 0 Å². The normalized spacial score (nSPS) is 19.1. The quantitative estimate of drug-likeness (QED) is 0.700. The van der Waals surface area contributed by atoms with E-state index >= 15 is 0 Å². The molecule has 1 N–H and O–H groups in total. The van der Waals surface area contributed by atoms with Crippen molar-refractivity contribution < 1.29 is 9.47 Å². The minimum atomic E-state index is 0.417. The number of hydrogen-bond donors (Lipinski definition) is 1. The van der Waals surface area contributed by atoms with E-state index in [0.29, 0.717) is 6.04 Å². The number of nitrogens with one attached hydrogen (secondary N) is 1. The van der Waals surface area contributed by atoms with Crippen LogP contribution in [0.1, 0.15) is 19.3 Å². The van der Waals surface area contributed by atoms with Crippen molar-refractivity contribution in [1.82, 2.24) is 5.32 Å². The fraction of sp³-hybridized carbons (Fsp3) is 0.800. The van der Waals surface area contributed by atoms with E-state index < -0.39 is 0 Å². The number of methoxy groups -OCH3 is 1. The number of hydrogen-bond acceptors (Lipinski definition) is 3. The predicted molar refractivity (Wildman–Crippen MR) is 52.6 cm³/mol. The highest BCUT2D eigenvalue weighted by Gasteiger charge is 2.14. The molecule has 0 aromatic carbocycles. The summed E-state index contributed by atoms with van der Waals surface area (Å²) >= 11 is 0. The zero-order chi connectivity index (χ0) is 9.52. The summed E-state index contributed by atoms with van der Waals surface area (Å²) in [6, 6.07) is 0.417. The molecular weight excluding hydrogens is 166 g/mol. The summed E-state index contributed by atoms with van der Waals surface area (Å²) in [6.07, 6.45) is 5.20. The third-order valence-corrected chi connectivity index (χ3v) is 2.37. The smallest absolute Gasteiger partial charge is 0.0876 e. The summed E-state index contributed by atoms with van der Waals surface area (Å²) in [5.41, 5.74) is 1.37. The lowest BCUT2D eigenvalue weighted by Crippen LogP contribution is -2.30. The molecule has 0 amide bonds. The first kappa shape index (κ1) is 10.5. The second kappa shape index (κ2) is 6.00. The molecule has 0 aromatic rings. The van der Waals surface area contributed by atoms with E-state index in [2.05, 4.69) is 5.32 Å². The van der Waals surface area contributed by atoms with E-state index in [-0.39, 0.29) is 0 Å². The highest BCUT2D eigenvalue weighted by atomic mass is 16.5. The molecule has 0 fully saturated rings. The summed E-state index contributed by atoms with van der Waals surface area (Å²) in [5.74, 6) is 0. The highest BCUT2D eigenvalue weighted by Crippen LogP contribution is 2.17. The molecule has 3 nitrogen and oxygen atoms in total. The molecular formula is C10H19NO2. The molecule has 0 spiro atoms. The molecule has 13 heavy (non-hydrogen) atoms. The van der Waals surface area contributed by atoms with Crippen molar-refractivity contribution in [3.8, 4) is 0 Å². The Kier molecular flexibility index (Phi) is 4.86. The second-order valence-corrected chi connectivity index (χ2v) is 3.29. The highest BCUT2D eigenvalue weighted by molar-refractivity contribution is 5.09. The van der Waals surface area contributed by atoms with Crippen LogP contribution in [0, 0.1) is 0 Å². The van der Waals surface area contributed by atoms with Crippen molar-refractivity contribution in [2.45, 2.75) is 25.3 Å². The van der Waals surface area contributed by atoms with Gasteiger partial charge in [-0.05, 0) is 31.9 Å². The van der Waals surface area contributed by atoms with E-state index in [9.17, 15) is 0 Å². The monoisotopic (exact) mass is 185 g/mol. The van der Waals surface area contributed by atoms with Crippen LogP contribution >= 0.6 is 0 Å². The molecule has 0 radical (unpaired) electrons. The molecule has 1 unspecified atom stereocenters. The summed E-state index contributed by atoms with van der Waals surface area (Å²) in [5, 5.41) is 3.28. The van der Waals surface area contributed by atoms with Crippen molar-refractivity contribution in [2.75, 3.05) is 27.4 Å². The van der Waals surface area contributed by atoms with Crippen LogP contribution in [0.2, 0.25) is 0 Å². The maximum atomic E-state index is 5.30. The van der Waals surface area contributed by atoms with Crippen LogP contribution in [-0.4, -0.2) is 33.4 Å². The summed E-state index contributed by atoms with van der Waals surface area (Å²) in [6.45, 7) is 1.66. The lowest BCUT2D eigenvalue weighted by atomic mass is 10.00. The van der Waals surface area contributed by atoms with Gasteiger partial charge < -0.3 is 14.8 Å². The maximum absolute atomic E-state index is 5.30. The van der Waals surface area contributed by atoms with Crippen LogP contribution in [0.3, 0.4) is 0 Å². The van der Waals surface area contributed by atoms with Gasteiger partial charge in [-0.1, -0.05) is 0 Å². The molecule has 0 bridgehead atoms. The van der Waals surface area contributed by atoms with Crippen LogP contribution in [0.5, 0.6) is 0 Å². The Bertz CT molecular complexity index is 168. The summed E-state index contributed by atoms with van der Waals surface area (Å²) in [4.78, 5) is 0. The number of ether oxygens (including phenoxy) is 2. The standard InChI is InChI=1S/C10H19NO2/c1-11-10(5-7-12-2)9-4-3-6-13-8-9/h8,10-11H,3-7H2,1-2H3. The topological polar surface area (TPSA) is 30.5 Å². The van der Waals surface area contributed by atoms with Crippen molar-refractivity contribution in [3.05, 3.63) is 11.8 Å². The first-order valence-corrected chi connectivity index (χ1v) is 4.85. The predicted octanol–water partition coefficient (Wildman–Crippen LogP) is 1.31. The van der Waals surface area contributed by atoms with Crippen LogP contribution in [0.4, 0.5) is 0 Å². The Morgan fingerprint density at radius 1 is 1.69 bits per heavy atom. The number of rotatable bonds is 5. The minimum absolute atomic E-state index is 0.417. The molecule has 1 aliphatic rings. The Balaban J connectivity index is 2.39. The lowest BCUT2D eigenvalue weighted by Gasteiger charge is -2.22. The molecule has 0 saturated carbocycles. The van der Waals surface area contributed by atoms with Gasteiger partial charge in [0.05, 0.1) is 12.9 Å². The first-order chi connectivity index (χ1) is 6.38.